The van der Waals surface area contributed by atoms with Gasteiger partial charge in [-0.05, 0) is 48.7 Å². The number of hydrogen-bond acceptors (Lipinski definition) is 3. The van der Waals surface area contributed by atoms with E-state index in [-0.39, 0.29) is 17.6 Å². The van der Waals surface area contributed by atoms with E-state index in [9.17, 15) is 9.59 Å². The molecule has 6 heteroatoms. The zero-order chi connectivity index (χ0) is 24.3. The highest BCUT2D eigenvalue weighted by molar-refractivity contribution is 9.10. The number of thioether (sulfide) groups is 1. The molecule has 3 aromatic rings. The SMILES string of the molecule is CCCNC(=O)[C@@H](Cc1ccccc1)N(Cc1ccc(Br)cc1)C(=O)CSc1ccc(C)cc1. The maximum Gasteiger partial charge on any atom is 0.243 e. The van der Waals surface area contributed by atoms with Gasteiger partial charge in [0.2, 0.25) is 11.8 Å². The van der Waals surface area contributed by atoms with Crippen LogP contribution in [0.1, 0.15) is 30.0 Å². The van der Waals surface area contributed by atoms with Gasteiger partial charge in [0.15, 0.2) is 0 Å². The molecule has 0 saturated heterocycles. The van der Waals surface area contributed by atoms with Gasteiger partial charge in [0.05, 0.1) is 5.75 Å². The maximum absolute atomic E-state index is 13.6. The lowest BCUT2D eigenvalue weighted by molar-refractivity contribution is -0.139. The zero-order valence-electron chi connectivity index (χ0n) is 19.7. The second-order valence-corrected chi connectivity index (χ2v) is 10.2. The van der Waals surface area contributed by atoms with Gasteiger partial charge in [0.1, 0.15) is 6.04 Å². The molecule has 0 bridgehead atoms. The van der Waals surface area contributed by atoms with Gasteiger partial charge in [0, 0.05) is 28.9 Å². The van der Waals surface area contributed by atoms with Gasteiger partial charge in [-0.3, -0.25) is 9.59 Å². The topological polar surface area (TPSA) is 49.4 Å². The van der Waals surface area contributed by atoms with Crippen LogP contribution in [0.2, 0.25) is 0 Å². The molecular weight excluding hydrogens is 508 g/mol. The molecule has 0 saturated carbocycles. The van der Waals surface area contributed by atoms with E-state index in [1.165, 1.54) is 17.3 Å². The summed E-state index contributed by atoms with van der Waals surface area (Å²) in [5.41, 5.74) is 3.19. The quantitative estimate of drug-likeness (QED) is 0.304. The average molecular weight is 540 g/mol. The molecule has 178 valence electrons. The molecule has 0 aliphatic heterocycles. The fourth-order valence-corrected chi connectivity index (χ4v) is 4.62. The van der Waals surface area contributed by atoms with E-state index in [0.717, 1.165) is 26.9 Å². The van der Waals surface area contributed by atoms with Crippen LogP contribution in [0.15, 0.2) is 88.2 Å². The second kappa shape index (κ2) is 13.4. The Morgan fingerprint density at radius 1 is 0.941 bits per heavy atom. The van der Waals surface area contributed by atoms with Crippen molar-refractivity contribution in [2.45, 2.75) is 44.2 Å². The number of rotatable bonds is 11. The third-order valence-corrected chi connectivity index (χ3v) is 7.00. The summed E-state index contributed by atoms with van der Waals surface area (Å²) in [4.78, 5) is 29.6. The van der Waals surface area contributed by atoms with E-state index in [1.807, 2.05) is 92.7 Å². The van der Waals surface area contributed by atoms with Crippen LogP contribution in [-0.4, -0.2) is 35.1 Å². The minimum Gasteiger partial charge on any atom is -0.354 e. The average Bonchev–Trinajstić information content (AvgIpc) is 2.86. The van der Waals surface area contributed by atoms with E-state index in [2.05, 4.69) is 21.2 Å². The molecule has 1 atom stereocenters. The Balaban J connectivity index is 1.87. The molecular formula is C28H31BrN2O2S. The van der Waals surface area contributed by atoms with Crippen LogP contribution in [0.3, 0.4) is 0 Å². The standard InChI is InChI=1S/C28H31BrN2O2S/c1-3-17-30-28(33)26(18-22-7-5-4-6-8-22)31(19-23-11-13-24(29)14-12-23)27(32)20-34-25-15-9-21(2)10-16-25/h4-16,26H,3,17-20H2,1-2H3,(H,30,33)/t26-/m1/s1. The van der Waals surface area contributed by atoms with Gasteiger partial charge in [-0.2, -0.15) is 0 Å². The van der Waals surface area contributed by atoms with Crippen LogP contribution >= 0.6 is 27.7 Å². The van der Waals surface area contributed by atoms with Crippen LogP contribution in [-0.2, 0) is 22.6 Å². The van der Waals surface area contributed by atoms with Crippen LogP contribution in [0.25, 0.3) is 0 Å². The van der Waals surface area contributed by atoms with Crippen molar-refractivity contribution in [1.29, 1.82) is 0 Å². The first-order valence-corrected chi connectivity index (χ1v) is 13.3. The Bertz CT molecular complexity index is 1060. The number of carbonyl (C=O) groups is 2. The number of aryl methyl sites for hydroxylation is 1. The van der Waals surface area contributed by atoms with Crippen molar-refractivity contribution in [2.75, 3.05) is 12.3 Å². The fourth-order valence-electron chi connectivity index (χ4n) is 3.57. The monoisotopic (exact) mass is 538 g/mol. The highest BCUT2D eigenvalue weighted by atomic mass is 79.9. The number of carbonyl (C=O) groups excluding carboxylic acids is 2. The van der Waals surface area contributed by atoms with Gasteiger partial charge < -0.3 is 10.2 Å². The molecule has 0 aromatic heterocycles. The summed E-state index contributed by atoms with van der Waals surface area (Å²) >= 11 is 4.97. The van der Waals surface area contributed by atoms with Crippen molar-refractivity contribution in [2.24, 2.45) is 0 Å². The molecule has 1 N–H and O–H groups in total. The van der Waals surface area contributed by atoms with Crippen molar-refractivity contribution in [3.8, 4) is 0 Å². The lowest BCUT2D eigenvalue weighted by atomic mass is 10.0. The molecule has 0 radical (unpaired) electrons. The molecule has 2 amide bonds. The third kappa shape index (κ3) is 8.03. The second-order valence-electron chi connectivity index (χ2n) is 8.25. The van der Waals surface area contributed by atoms with Crippen molar-refractivity contribution in [1.82, 2.24) is 10.2 Å². The molecule has 0 spiro atoms. The van der Waals surface area contributed by atoms with Crippen molar-refractivity contribution < 1.29 is 9.59 Å². The Morgan fingerprint density at radius 3 is 2.26 bits per heavy atom. The highest BCUT2D eigenvalue weighted by Gasteiger charge is 2.30. The van der Waals surface area contributed by atoms with Crippen molar-refractivity contribution in [3.05, 3.63) is 100 Å². The maximum atomic E-state index is 13.6. The Hall–Kier alpha value is -2.57. The molecule has 3 rings (SSSR count). The molecule has 3 aromatic carbocycles. The molecule has 0 unspecified atom stereocenters. The first-order chi connectivity index (χ1) is 16.5. The van der Waals surface area contributed by atoms with E-state index in [4.69, 9.17) is 0 Å². The Morgan fingerprint density at radius 2 is 1.62 bits per heavy atom. The first-order valence-electron chi connectivity index (χ1n) is 11.5. The number of nitrogens with one attached hydrogen (secondary N) is 1. The normalized spacial score (nSPS) is 11.6. The Kier molecular flexibility index (Phi) is 10.2. The van der Waals surface area contributed by atoms with E-state index >= 15 is 0 Å². The molecule has 0 aliphatic rings. The third-order valence-electron chi connectivity index (χ3n) is 5.47. The van der Waals surface area contributed by atoms with E-state index in [1.54, 1.807) is 4.90 Å². The summed E-state index contributed by atoms with van der Waals surface area (Å²) in [6.07, 6.45) is 1.31. The summed E-state index contributed by atoms with van der Waals surface area (Å²) in [5.74, 6) is 0.101. The molecule has 4 nitrogen and oxygen atoms in total. The molecule has 0 fully saturated rings. The number of amides is 2. The molecule has 0 heterocycles. The van der Waals surface area contributed by atoms with Crippen molar-refractivity contribution >= 4 is 39.5 Å². The van der Waals surface area contributed by atoms with E-state index in [0.29, 0.717) is 19.5 Å². The van der Waals surface area contributed by atoms with E-state index < -0.39 is 6.04 Å². The highest BCUT2D eigenvalue weighted by Crippen LogP contribution is 2.22. The minimum absolute atomic E-state index is 0.0546. The summed E-state index contributed by atoms with van der Waals surface area (Å²) in [6.45, 7) is 5.03. The summed E-state index contributed by atoms with van der Waals surface area (Å²) < 4.78 is 0.977. The number of nitrogens with zero attached hydrogens (tertiary/aromatic N) is 1. The van der Waals surface area contributed by atoms with Crippen LogP contribution < -0.4 is 5.32 Å². The number of halogens is 1. The lowest BCUT2D eigenvalue weighted by Gasteiger charge is -2.31. The fraction of sp³-hybridized carbons (Fsp3) is 0.286. The van der Waals surface area contributed by atoms with Gasteiger partial charge in [-0.1, -0.05) is 83.0 Å². The molecule has 34 heavy (non-hydrogen) atoms. The largest absolute Gasteiger partial charge is 0.354 e. The lowest BCUT2D eigenvalue weighted by Crippen LogP contribution is -2.51. The predicted octanol–water partition coefficient (Wildman–Crippen LogP) is 6.02. The summed E-state index contributed by atoms with van der Waals surface area (Å²) in [6, 6.07) is 25.3. The van der Waals surface area contributed by atoms with Gasteiger partial charge in [-0.25, -0.2) is 0 Å². The first kappa shape index (κ1) is 26.0. The number of hydrogen-bond donors (Lipinski definition) is 1. The van der Waals surface area contributed by atoms with Gasteiger partial charge >= 0.3 is 0 Å². The summed E-state index contributed by atoms with van der Waals surface area (Å²) in [5, 5.41) is 3.02. The molecule has 0 aliphatic carbocycles. The van der Waals surface area contributed by atoms with Gasteiger partial charge in [-0.15, -0.1) is 11.8 Å². The van der Waals surface area contributed by atoms with Crippen LogP contribution in [0.5, 0.6) is 0 Å². The van der Waals surface area contributed by atoms with Crippen molar-refractivity contribution in [3.63, 3.8) is 0 Å². The zero-order valence-corrected chi connectivity index (χ0v) is 22.1. The Labute approximate surface area is 215 Å². The number of benzene rings is 3. The predicted molar refractivity (Wildman–Crippen MR) is 144 cm³/mol. The van der Waals surface area contributed by atoms with Crippen LogP contribution in [0, 0.1) is 6.92 Å². The minimum atomic E-state index is -0.594. The smallest absolute Gasteiger partial charge is 0.243 e. The summed E-state index contributed by atoms with van der Waals surface area (Å²) in [7, 11) is 0. The van der Waals surface area contributed by atoms with Gasteiger partial charge in [0.25, 0.3) is 0 Å². The van der Waals surface area contributed by atoms with Crippen LogP contribution in [0.4, 0.5) is 0 Å².